The van der Waals surface area contributed by atoms with Gasteiger partial charge in [0.25, 0.3) is 15.9 Å². The molecule has 2 aromatic carbocycles. The van der Waals surface area contributed by atoms with Crippen molar-refractivity contribution in [3.63, 3.8) is 0 Å². The Labute approximate surface area is 170 Å². The van der Waals surface area contributed by atoms with Crippen molar-refractivity contribution >= 4 is 49.7 Å². The van der Waals surface area contributed by atoms with Crippen LogP contribution in [0.5, 0.6) is 0 Å². The number of nitrogens with zero attached hydrogens (tertiary/aromatic N) is 1. The summed E-state index contributed by atoms with van der Waals surface area (Å²) < 4.78 is 40.5. The lowest BCUT2D eigenvalue weighted by Gasteiger charge is -2.05. The summed E-state index contributed by atoms with van der Waals surface area (Å²) >= 11 is 6.60. The Kier molecular flexibility index (Phi) is 5.69. The Hall–Kier alpha value is -2.49. The highest BCUT2D eigenvalue weighted by molar-refractivity contribution is 7.93. The van der Waals surface area contributed by atoms with E-state index in [4.69, 9.17) is 11.6 Å². The molecule has 3 rings (SSSR count). The van der Waals surface area contributed by atoms with Crippen LogP contribution in [0.15, 0.2) is 47.4 Å². The third kappa shape index (κ3) is 4.49. The van der Waals surface area contributed by atoms with Gasteiger partial charge in [0, 0.05) is 5.69 Å². The van der Waals surface area contributed by atoms with E-state index < -0.39 is 21.7 Å². The molecule has 0 aliphatic rings. The number of sulfonamides is 1. The highest BCUT2D eigenvalue weighted by Gasteiger charge is 2.20. The molecule has 0 aliphatic heterocycles. The molecule has 0 spiro atoms. The average molecular weight is 440 g/mol. The second kappa shape index (κ2) is 7.86. The van der Waals surface area contributed by atoms with E-state index in [1.165, 1.54) is 24.3 Å². The molecule has 1 aromatic heterocycles. The molecule has 146 valence electrons. The number of aromatic nitrogens is 1. The van der Waals surface area contributed by atoms with E-state index in [0.717, 1.165) is 23.0 Å². The third-order valence-electron chi connectivity index (χ3n) is 3.73. The second-order valence-corrected chi connectivity index (χ2v) is 9.02. The molecule has 0 atom stereocenters. The molecule has 1 amide bonds. The van der Waals surface area contributed by atoms with Crippen LogP contribution in [0.1, 0.15) is 20.9 Å². The molecular weight excluding hydrogens is 425 g/mol. The van der Waals surface area contributed by atoms with Crippen LogP contribution in [0.4, 0.5) is 15.2 Å². The van der Waals surface area contributed by atoms with Gasteiger partial charge < -0.3 is 5.32 Å². The molecule has 0 saturated heterocycles. The van der Waals surface area contributed by atoms with E-state index >= 15 is 0 Å². The number of aryl methyl sites for hydroxylation is 2. The van der Waals surface area contributed by atoms with Crippen LogP contribution in [-0.4, -0.2) is 19.3 Å². The standard InChI is InChI=1S/C18H15ClFN3O3S2/c1-10-3-6-13(7-4-10)28(25,26)23-18-21-11(2)16(27-18)17(24)22-12-5-8-15(20)14(19)9-12/h3-9H,1-2H3,(H,21,23)(H,22,24). The number of hydrogen-bond acceptors (Lipinski definition) is 5. The van der Waals surface area contributed by atoms with E-state index in [1.54, 1.807) is 19.1 Å². The van der Waals surface area contributed by atoms with Crippen LogP contribution in [0.25, 0.3) is 0 Å². The Morgan fingerprint density at radius 2 is 1.82 bits per heavy atom. The summed E-state index contributed by atoms with van der Waals surface area (Å²) in [7, 11) is -3.82. The highest BCUT2D eigenvalue weighted by Crippen LogP contribution is 2.27. The van der Waals surface area contributed by atoms with Gasteiger partial charge in [-0.05, 0) is 44.2 Å². The first kappa shape index (κ1) is 20.2. The fraction of sp³-hybridized carbons (Fsp3) is 0.111. The van der Waals surface area contributed by atoms with Crippen molar-refractivity contribution in [3.8, 4) is 0 Å². The zero-order valence-corrected chi connectivity index (χ0v) is 17.2. The third-order valence-corrected chi connectivity index (χ3v) is 6.58. The Balaban J connectivity index is 1.79. The van der Waals surface area contributed by atoms with Crippen LogP contribution >= 0.6 is 22.9 Å². The summed E-state index contributed by atoms with van der Waals surface area (Å²) in [6, 6.07) is 10.2. The first-order chi connectivity index (χ1) is 13.2. The number of carbonyl (C=O) groups is 1. The van der Waals surface area contributed by atoms with Crippen molar-refractivity contribution in [2.75, 3.05) is 10.0 Å². The van der Waals surface area contributed by atoms with Gasteiger partial charge in [-0.15, -0.1) is 0 Å². The Morgan fingerprint density at radius 1 is 1.14 bits per heavy atom. The van der Waals surface area contributed by atoms with Gasteiger partial charge in [-0.3, -0.25) is 9.52 Å². The van der Waals surface area contributed by atoms with E-state index in [2.05, 4.69) is 15.0 Å². The van der Waals surface area contributed by atoms with Gasteiger partial charge in [0.2, 0.25) is 0 Å². The van der Waals surface area contributed by atoms with Crippen LogP contribution in [0.3, 0.4) is 0 Å². The van der Waals surface area contributed by atoms with E-state index in [9.17, 15) is 17.6 Å². The Morgan fingerprint density at radius 3 is 2.46 bits per heavy atom. The first-order valence-corrected chi connectivity index (χ1v) is 10.7. The predicted molar refractivity (Wildman–Crippen MR) is 108 cm³/mol. The summed E-state index contributed by atoms with van der Waals surface area (Å²) in [5.74, 6) is -1.10. The minimum absolute atomic E-state index is 0.0698. The number of nitrogens with one attached hydrogen (secondary N) is 2. The number of anilines is 2. The topological polar surface area (TPSA) is 88.2 Å². The minimum atomic E-state index is -3.82. The van der Waals surface area contributed by atoms with Crippen LogP contribution in [-0.2, 0) is 10.0 Å². The number of thiazole rings is 1. The molecule has 6 nitrogen and oxygen atoms in total. The van der Waals surface area contributed by atoms with Gasteiger partial charge in [-0.25, -0.2) is 17.8 Å². The number of carbonyl (C=O) groups excluding carboxylic acids is 1. The molecule has 28 heavy (non-hydrogen) atoms. The molecular formula is C18H15ClFN3O3S2. The number of amides is 1. The molecule has 3 aromatic rings. The summed E-state index contributed by atoms with van der Waals surface area (Å²) in [5, 5.41) is 2.53. The SMILES string of the molecule is Cc1ccc(S(=O)(=O)Nc2nc(C)c(C(=O)Nc3ccc(F)c(Cl)c3)s2)cc1. The van der Waals surface area contributed by atoms with Gasteiger partial charge in [-0.2, -0.15) is 0 Å². The number of hydrogen-bond donors (Lipinski definition) is 2. The van der Waals surface area contributed by atoms with Crippen LogP contribution < -0.4 is 10.0 Å². The summed E-state index contributed by atoms with van der Waals surface area (Å²) in [6.07, 6.45) is 0. The Bertz CT molecular complexity index is 1150. The lowest BCUT2D eigenvalue weighted by molar-refractivity contribution is 0.103. The summed E-state index contributed by atoms with van der Waals surface area (Å²) in [5.41, 5.74) is 1.60. The first-order valence-electron chi connectivity index (χ1n) is 7.99. The molecule has 0 unspecified atom stereocenters. The molecule has 0 aliphatic carbocycles. The zero-order valence-electron chi connectivity index (χ0n) is 14.8. The molecule has 0 bridgehead atoms. The zero-order chi connectivity index (χ0) is 20.5. The monoisotopic (exact) mass is 439 g/mol. The highest BCUT2D eigenvalue weighted by atomic mass is 35.5. The average Bonchev–Trinajstić information content (AvgIpc) is 2.98. The molecule has 1 heterocycles. The number of benzene rings is 2. The van der Waals surface area contributed by atoms with Crippen molar-refractivity contribution < 1.29 is 17.6 Å². The van der Waals surface area contributed by atoms with Crippen LogP contribution in [0, 0.1) is 19.7 Å². The molecule has 10 heteroatoms. The fourth-order valence-electron chi connectivity index (χ4n) is 2.30. The minimum Gasteiger partial charge on any atom is -0.321 e. The maximum atomic E-state index is 13.2. The lowest BCUT2D eigenvalue weighted by atomic mass is 10.2. The van der Waals surface area contributed by atoms with Crippen molar-refractivity contribution in [1.82, 2.24) is 4.98 Å². The van der Waals surface area contributed by atoms with Crippen LogP contribution in [0.2, 0.25) is 5.02 Å². The molecule has 0 saturated carbocycles. The number of halogens is 2. The van der Waals surface area contributed by atoms with Gasteiger partial charge in [0.05, 0.1) is 15.6 Å². The number of rotatable bonds is 5. The smallest absolute Gasteiger partial charge is 0.267 e. The van der Waals surface area contributed by atoms with Crippen molar-refractivity contribution in [2.45, 2.75) is 18.7 Å². The van der Waals surface area contributed by atoms with Crippen molar-refractivity contribution in [2.24, 2.45) is 0 Å². The van der Waals surface area contributed by atoms with Gasteiger partial charge in [0.1, 0.15) is 10.7 Å². The lowest BCUT2D eigenvalue weighted by Crippen LogP contribution is -2.12. The van der Waals surface area contributed by atoms with Gasteiger partial charge in [0.15, 0.2) is 5.13 Å². The quantitative estimate of drug-likeness (QED) is 0.607. The molecule has 0 radical (unpaired) electrons. The molecule has 2 N–H and O–H groups in total. The predicted octanol–water partition coefficient (Wildman–Crippen LogP) is 4.61. The van der Waals surface area contributed by atoms with Gasteiger partial charge in [-0.1, -0.05) is 40.6 Å². The second-order valence-electron chi connectivity index (χ2n) is 5.94. The summed E-state index contributed by atoms with van der Waals surface area (Å²) in [6.45, 7) is 3.44. The fourth-order valence-corrected chi connectivity index (χ4v) is 4.58. The normalized spacial score (nSPS) is 11.3. The van der Waals surface area contributed by atoms with E-state index in [0.29, 0.717) is 11.4 Å². The van der Waals surface area contributed by atoms with E-state index in [1.807, 2.05) is 6.92 Å². The van der Waals surface area contributed by atoms with Crippen molar-refractivity contribution in [1.29, 1.82) is 0 Å². The molecule has 0 fully saturated rings. The van der Waals surface area contributed by atoms with Gasteiger partial charge >= 0.3 is 0 Å². The van der Waals surface area contributed by atoms with Crippen molar-refractivity contribution in [3.05, 3.63) is 69.4 Å². The summed E-state index contributed by atoms with van der Waals surface area (Å²) in [4.78, 5) is 16.9. The largest absolute Gasteiger partial charge is 0.321 e. The maximum absolute atomic E-state index is 13.2. The van der Waals surface area contributed by atoms with E-state index in [-0.39, 0.29) is 19.9 Å². The maximum Gasteiger partial charge on any atom is 0.267 e.